The molecule has 0 saturated carbocycles. The van der Waals surface area contributed by atoms with E-state index in [2.05, 4.69) is 25.8 Å². The van der Waals surface area contributed by atoms with Crippen LogP contribution in [0.15, 0.2) is 29.6 Å². The van der Waals surface area contributed by atoms with Crippen LogP contribution in [0.3, 0.4) is 0 Å². The number of carbonyl (C=O) groups is 1. The van der Waals surface area contributed by atoms with E-state index in [4.69, 9.17) is 4.74 Å². The van der Waals surface area contributed by atoms with E-state index in [0.29, 0.717) is 19.6 Å². The maximum absolute atomic E-state index is 12.1. The Labute approximate surface area is 148 Å². The lowest BCUT2D eigenvalue weighted by molar-refractivity contribution is -0.133. The zero-order chi connectivity index (χ0) is 17.5. The number of hydrogen-bond donors (Lipinski definition) is 0. The number of rotatable bonds is 8. The van der Waals surface area contributed by atoms with E-state index in [1.54, 1.807) is 11.3 Å². The second-order valence-electron chi connectivity index (χ2n) is 5.97. The molecule has 0 aliphatic heterocycles. The Bertz CT molecular complexity index is 652. The molecule has 1 heterocycles. The molecule has 0 fully saturated rings. The van der Waals surface area contributed by atoms with Gasteiger partial charge in [0.1, 0.15) is 17.4 Å². The van der Waals surface area contributed by atoms with Crippen molar-refractivity contribution in [3.05, 3.63) is 45.9 Å². The molecule has 0 aliphatic carbocycles. The third-order valence-electron chi connectivity index (χ3n) is 4.06. The largest absolute Gasteiger partial charge is 0.486 e. The van der Waals surface area contributed by atoms with Crippen LogP contribution in [0.25, 0.3) is 0 Å². The monoisotopic (exact) mass is 346 g/mol. The summed E-state index contributed by atoms with van der Waals surface area (Å²) in [7, 11) is 0. The first-order valence-electron chi connectivity index (χ1n) is 8.45. The van der Waals surface area contributed by atoms with Crippen molar-refractivity contribution in [3.63, 3.8) is 0 Å². The van der Waals surface area contributed by atoms with Crippen LogP contribution in [-0.2, 0) is 17.9 Å². The lowest BCUT2D eigenvalue weighted by atomic mass is 10.2. The summed E-state index contributed by atoms with van der Waals surface area (Å²) in [5.41, 5.74) is 2.15. The lowest BCUT2D eigenvalue weighted by Gasteiger charge is -2.27. The fourth-order valence-electron chi connectivity index (χ4n) is 2.36. The quantitative estimate of drug-likeness (QED) is 0.703. The van der Waals surface area contributed by atoms with Gasteiger partial charge in [0.05, 0.1) is 12.2 Å². The maximum atomic E-state index is 12.1. The molecule has 1 aromatic heterocycles. The van der Waals surface area contributed by atoms with Crippen LogP contribution < -0.4 is 4.74 Å². The van der Waals surface area contributed by atoms with Gasteiger partial charge in [0.25, 0.3) is 0 Å². The number of benzene rings is 1. The predicted octanol–water partition coefficient (Wildman–Crippen LogP) is 4.57. The molecule has 5 heteroatoms. The molecule has 0 radical (unpaired) electrons. The summed E-state index contributed by atoms with van der Waals surface area (Å²) in [5, 5.41) is 2.95. The first-order chi connectivity index (χ1) is 11.5. The number of aryl methyl sites for hydroxylation is 1. The summed E-state index contributed by atoms with van der Waals surface area (Å²) >= 11 is 1.58. The lowest BCUT2D eigenvalue weighted by Crippen LogP contribution is -2.37. The van der Waals surface area contributed by atoms with Crippen molar-refractivity contribution < 1.29 is 9.53 Å². The van der Waals surface area contributed by atoms with Gasteiger partial charge in [-0.15, -0.1) is 11.3 Å². The predicted molar refractivity (Wildman–Crippen MR) is 98.2 cm³/mol. The Morgan fingerprint density at radius 3 is 2.62 bits per heavy atom. The van der Waals surface area contributed by atoms with Gasteiger partial charge in [0.15, 0.2) is 0 Å². The highest BCUT2D eigenvalue weighted by Gasteiger charge is 2.18. The molecular weight excluding hydrogens is 320 g/mol. The number of thiazole rings is 1. The van der Waals surface area contributed by atoms with Crippen LogP contribution in [0.4, 0.5) is 0 Å². The zero-order valence-electron chi connectivity index (χ0n) is 14.9. The minimum absolute atomic E-state index is 0.176. The molecule has 24 heavy (non-hydrogen) atoms. The summed E-state index contributed by atoms with van der Waals surface area (Å²) in [6, 6.07) is 8.22. The Hall–Kier alpha value is -1.88. The molecule has 0 saturated heterocycles. The number of nitrogens with zero attached hydrogens (tertiary/aromatic N) is 2. The Kier molecular flexibility index (Phi) is 6.79. The molecule has 130 valence electrons. The van der Waals surface area contributed by atoms with Crippen LogP contribution in [-0.4, -0.2) is 21.8 Å². The van der Waals surface area contributed by atoms with Crippen molar-refractivity contribution in [2.45, 2.75) is 59.7 Å². The number of amides is 1. The van der Waals surface area contributed by atoms with E-state index in [1.807, 2.05) is 41.5 Å². The van der Waals surface area contributed by atoms with Gasteiger partial charge in [-0.3, -0.25) is 4.79 Å². The molecule has 0 bridgehead atoms. The van der Waals surface area contributed by atoms with E-state index in [1.165, 1.54) is 5.56 Å². The van der Waals surface area contributed by atoms with E-state index < -0.39 is 0 Å². The number of carbonyl (C=O) groups excluding carboxylic acids is 1. The number of aromatic nitrogens is 1. The fourth-order valence-corrected chi connectivity index (χ4v) is 3.05. The van der Waals surface area contributed by atoms with E-state index in [0.717, 1.165) is 22.9 Å². The van der Waals surface area contributed by atoms with Crippen LogP contribution in [0.5, 0.6) is 5.75 Å². The molecule has 2 aromatic rings. The van der Waals surface area contributed by atoms with E-state index in [-0.39, 0.29) is 11.9 Å². The Balaban J connectivity index is 1.96. The highest BCUT2D eigenvalue weighted by atomic mass is 32.1. The first-order valence-corrected chi connectivity index (χ1v) is 9.33. The van der Waals surface area contributed by atoms with Crippen molar-refractivity contribution >= 4 is 17.2 Å². The van der Waals surface area contributed by atoms with Crippen molar-refractivity contribution in [2.24, 2.45) is 0 Å². The van der Waals surface area contributed by atoms with Crippen molar-refractivity contribution in [1.29, 1.82) is 0 Å². The standard InChI is InChI=1S/C19H26N2O2S/c1-5-15(4)21(19(22)6-2)11-16-13-24-18(20-16)12-23-17-9-7-14(3)8-10-17/h7-10,13,15H,5-6,11-12H2,1-4H3/t15-/m0/s1. The summed E-state index contributed by atoms with van der Waals surface area (Å²) in [4.78, 5) is 18.7. The van der Waals surface area contributed by atoms with Gasteiger partial charge < -0.3 is 9.64 Å². The van der Waals surface area contributed by atoms with Gasteiger partial charge in [-0.25, -0.2) is 4.98 Å². The van der Waals surface area contributed by atoms with Gasteiger partial charge in [0.2, 0.25) is 5.91 Å². The molecule has 1 amide bonds. The Morgan fingerprint density at radius 1 is 1.29 bits per heavy atom. The van der Waals surface area contributed by atoms with Crippen LogP contribution in [0.2, 0.25) is 0 Å². The second-order valence-corrected chi connectivity index (χ2v) is 6.91. The average molecular weight is 346 g/mol. The van der Waals surface area contributed by atoms with Crippen molar-refractivity contribution in [1.82, 2.24) is 9.88 Å². The fraction of sp³-hybridized carbons (Fsp3) is 0.474. The smallest absolute Gasteiger partial charge is 0.222 e. The molecule has 0 aliphatic rings. The number of ether oxygens (including phenoxy) is 1. The molecule has 2 rings (SSSR count). The van der Waals surface area contributed by atoms with Gasteiger partial charge in [-0.1, -0.05) is 31.5 Å². The number of hydrogen-bond acceptors (Lipinski definition) is 4. The maximum Gasteiger partial charge on any atom is 0.222 e. The molecular formula is C19H26N2O2S. The highest BCUT2D eigenvalue weighted by molar-refractivity contribution is 7.09. The average Bonchev–Trinajstić information content (AvgIpc) is 3.05. The van der Waals surface area contributed by atoms with Gasteiger partial charge in [-0.05, 0) is 32.4 Å². The van der Waals surface area contributed by atoms with Crippen LogP contribution in [0.1, 0.15) is 49.9 Å². The summed E-state index contributed by atoms with van der Waals surface area (Å²) in [5.74, 6) is 1.02. The summed E-state index contributed by atoms with van der Waals surface area (Å²) in [6.07, 6.45) is 1.47. The third kappa shape index (κ3) is 5.06. The molecule has 4 nitrogen and oxygen atoms in total. The van der Waals surface area contributed by atoms with Crippen molar-refractivity contribution in [2.75, 3.05) is 0 Å². The topological polar surface area (TPSA) is 42.4 Å². The SMILES string of the molecule is CCC(=O)N(Cc1csc(COc2ccc(C)cc2)n1)[C@@H](C)CC. The highest BCUT2D eigenvalue weighted by Crippen LogP contribution is 2.18. The van der Waals surface area contributed by atoms with Crippen LogP contribution in [0, 0.1) is 6.92 Å². The molecule has 0 spiro atoms. The molecule has 1 aromatic carbocycles. The normalized spacial score (nSPS) is 12.0. The van der Waals surface area contributed by atoms with Gasteiger partial charge in [0, 0.05) is 17.8 Å². The third-order valence-corrected chi connectivity index (χ3v) is 4.93. The molecule has 0 N–H and O–H groups in total. The van der Waals surface area contributed by atoms with E-state index >= 15 is 0 Å². The summed E-state index contributed by atoms with van der Waals surface area (Å²) < 4.78 is 5.77. The van der Waals surface area contributed by atoms with E-state index in [9.17, 15) is 4.79 Å². The summed E-state index contributed by atoms with van der Waals surface area (Å²) in [6.45, 7) is 9.17. The molecule has 0 unspecified atom stereocenters. The van der Waals surface area contributed by atoms with Gasteiger partial charge in [-0.2, -0.15) is 0 Å². The van der Waals surface area contributed by atoms with Crippen molar-refractivity contribution in [3.8, 4) is 5.75 Å². The minimum atomic E-state index is 0.176. The second kappa shape index (κ2) is 8.83. The zero-order valence-corrected chi connectivity index (χ0v) is 15.7. The van der Waals surface area contributed by atoms with Crippen LogP contribution >= 0.6 is 11.3 Å². The van der Waals surface area contributed by atoms with Gasteiger partial charge >= 0.3 is 0 Å². The Morgan fingerprint density at radius 2 is 2.00 bits per heavy atom. The minimum Gasteiger partial charge on any atom is -0.486 e. The molecule has 1 atom stereocenters. The first kappa shape index (κ1) is 18.5.